The minimum atomic E-state index is -0.998. The van der Waals surface area contributed by atoms with Crippen molar-refractivity contribution >= 4 is 13.8 Å². The molecule has 0 amide bonds. The van der Waals surface area contributed by atoms with Crippen LogP contribution in [0.1, 0.15) is 64.2 Å². The summed E-state index contributed by atoms with van der Waals surface area (Å²) in [6.45, 7) is 7.91. The fourth-order valence-electron chi connectivity index (χ4n) is 7.48. The summed E-state index contributed by atoms with van der Waals surface area (Å²) in [7, 11) is 1.13. The standard InChI is InChI=1S/C22H39NSi/c1-23-22-18-11-7-5-9-16(18)20-13-15(24(2,3)4)14-21(20)17-10-6-8-12-19(17)22/h15-21H,5-14H2,1-4H3. The molecule has 0 aromatic heterocycles. The summed E-state index contributed by atoms with van der Waals surface area (Å²) in [5, 5.41) is 0. The summed E-state index contributed by atoms with van der Waals surface area (Å²) in [5.41, 5.74) is 2.79. The van der Waals surface area contributed by atoms with Crippen molar-refractivity contribution in [3.63, 3.8) is 0 Å². The molecule has 1 nitrogen and oxygen atoms in total. The predicted octanol–water partition coefficient (Wildman–Crippen LogP) is 6.42. The third-order valence-corrected chi connectivity index (χ3v) is 11.6. The number of hydrogen-bond acceptors (Lipinski definition) is 1. The van der Waals surface area contributed by atoms with Gasteiger partial charge in [-0.05, 0) is 67.7 Å². The molecule has 0 aliphatic heterocycles. The van der Waals surface area contributed by atoms with Gasteiger partial charge in [0.1, 0.15) is 0 Å². The van der Waals surface area contributed by atoms with E-state index < -0.39 is 8.07 Å². The van der Waals surface area contributed by atoms with Crippen molar-refractivity contribution < 1.29 is 0 Å². The van der Waals surface area contributed by atoms with Gasteiger partial charge < -0.3 is 0 Å². The van der Waals surface area contributed by atoms with Crippen molar-refractivity contribution in [2.75, 3.05) is 7.05 Å². The fraction of sp³-hybridized carbons (Fsp3) is 0.955. The summed E-state index contributed by atoms with van der Waals surface area (Å²) >= 11 is 0. The summed E-state index contributed by atoms with van der Waals surface area (Å²) in [4.78, 5) is 5.00. The fourth-order valence-corrected chi connectivity index (χ4v) is 9.44. The Balaban J connectivity index is 1.72. The van der Waals surface area contributed by atoms with E-state index in [0.717, 1.165) is 41.0 Å². The molecule has 0 bridgehead atoms. The Morgan fingerprint density at radius 2 is 1.17 bits per heavy atom. The lowest BCUT2D eigenvalue weighted by atomic mass is 9.68. The topological polar surface area (TPSA) is 12.4 Å². The van der Waals surface area contributed by atoms with Crippen LogP contribution in [0.5, 0.6) is 0 Å². The van der Waals surface area contributed by atoms with Crippen molar-refractivity contribution in [1.29, 1.82) is 0 Å². The zero-order chi connectivity index (χ0) is 16.9. The second-order valence-corrected chi connectivity index (χ2v) is 16.2. The van der Waals surface area contributed by atoms with E-state index in [0.29, 0.717) is 0 Å². The molecule has 136 valence electrons. The van der Waals surface area contributed by atoms with E-state index >= 15 is 0 Å². The minimum Gasteiger partial charge on any atom is -0.297 e. The Labute approximate surface area is 151 Å². The molecule has 6 unspecified atom stereocenters. The highest BCUT2D eigenvalue weighted by molar-refractivity contribution is 6.77. The van der Waals surface area contributed by atoms with Crippen molar-refractivity contribution in [3.05, 3.63) is 0 Å². The first-order valence-corrected chi connectivity index (χ1v) is 14.5. The van der Waals surface area contributed by atoms with Crippen molar-refractivity contribution in [2.24, 2.45) is 40.5 Å². The molecule has 2 heteroatoms. The molecule has 4 fully saturated rings. The molecule has 0 N–H and O–H groups in total. The molecule has 6 atom stereocenters. The molecule has 0 aromatic rings. The van der Waals surface area contributed by atoms with Crippen LogP contribution >= 0.6 is 0 Å². The van der Waals surface area contributed by atoms with Crippen LogP contribution < -0.4 is 0 Å². The summed E-state index contributed by atoms with van der Waals surface area (Å²) in [6.07, 6.45) is 15.0. The molecule has 4 aliphatic rings. The number of nitrogens with zero attached hydrogens (tertiary/aromatic N) is 1. The van der Waals surface area contributed by atoms with Gasteiger partial charge in [0, 0.05) is 32.7 Å². The van der Waals surface area contributed by atoms with Gasteiger partial charge in [-0.15, -0.1) is 0 Å². The Bertz CT molecular complexity index is 457. The van der Waals surface area contributed by atoms with Gasteiger partial charge in [0.05, 0.1) is 0 Å². The first-order chi connectivity index (χ1) is 11.5. The summed E-state index contributed by atoms with van der Waals surface area (Å²) < 4.78 is 0. The van der Waals surface area contributed by atoms with E-state index in [2.05, 4.69) is 26.7 Å². The molecule has 4 saturated carbocycles. The molecule has 0 spiro atoms. The third-order valence-electron chi connectivity index (χ3n) is 8.64. The zero-order valence-corrected chi connectivity index (χ0v) is 17.6. The van der Waals surface area contributed by atoms with Gasteiger partial charge in [0.25, 0.3) is 0 Å². The predicted molar refractivity (Wildman–Crippen MR) is 108 cm³/mol. The van der Waals surface area contributed by atoms with Crippen LogP contribution in [0.2, 0.25) is 25.2 Å². The second kappa shape index (κ2) is 6.56. The first kappa shape index (κ1) is 17.3. The molecule has 0 radical (unpaired) electrons. The molecule has 4 aliphatic carbocycles. The van der Waals surface area contributed by atoms with Gasteiger partial charge >= 0.3 is 0 Å². The van der Waals surface area contributed by atoms with E-state index in [1.807, 2.05) is 0 Å². The monoisotopic (exact) mass is 345 g/mol. The van der Waals surface area contributed by atoms with E-state index in [-0.39, 0.29) is 0 Å². The Morgan fingerprint density at radius 3 is 1.58 bits per heavy atom. The van der Waals surface area contributed by atoms with Crippen LogP contribution in [-0.4, -0.2) is 20.8 Å². The average Bonchev–Trinajstić information content (AvgIpc) is 2.98. The highest BCUT2D eigenvalue weighted by Crippen LogP contribution is 2.60. The van der Waals surface area contributed by atoms with Gasteiger partial charge in [-0.2, -0.15) is 0 Å². The lowest BCUT2D eigenvalue weighted by molar-refractivity contribution is 0.126. The molecule has 0 heterocycles. The van der Waals surface area contributed by atoms with Gasteiger partial charge in [0.2, 0.25) is 0 Å². The average molecular weight is 346 g/mol. The smallest absolute Gasteiger partial charge is 0.0474 e. The van der Waals surface area contributed by atoms with Crippen molar-refractivity contribution in [2.45, 2.75) is 89.4 Å². The van der Waals surface area contributed by atoms with Crippen LogP contribution in [0, 0.1) is 35.5 Å². The molecule has 0 saturated heterocycles. The van der Waals surface area contributed by atoms with Gasteiger partial charge in [0.15, 0.2) is 0 Å². The Kier molecular flexibility index (Phi) is 4.73. The maximum atomic E-state index is 5.00. The van der Waals surface area contributed by atoms with Crippen LogP contribution in [0.4, 0.5) is 0 Å². The van der Waals surface area contributed by atoms with E-state index in [1.165, 1.54) is 51.4 Å². The summed E-state index contributed by atoms with van der Waals surface area (Å²) in [5.74, 6) is 5.83. The van der Waals surface area contributed by atoms with Gasteiger partial charge in [-0.3, -0.25) is 4.99 Å². The van der Waals surface area contributed by atoms with Crippen LogP contribution in [-0.2, 0) is 0 Å². The Morgan fingerprint density at radius 1 is 0.708 bits per heavy atom. The quantitative estimate of drug-likeness (QED) is 0.486. The zero-order valence-electron chi connectivity index (χ0n) is 16.6. The maximum absolute atomic E-state index is 5.00. The number of rotatable bonds is 1. The first-order valence-electron chi connectivity index (χ1n) is 11.0. The van der Waals surface area contributed by atoms with Crippen molar-refractivity contribution in [1.82, 2.24) is 0 Å². The summed E-state index contributed by atoms with van der Waals surface area (Å²) in [6, 6.07) is 0. The minimum absolute atomic E-state index is 0.865. The van der Waals surface area contributed by atoms with Crippen LogP contribution in [0.25, 0.3) is 0 Å². The van der Waals surface area contributed by atoms with Gasteiger partial charge in [-0.1, -0.05) is 45.3 Å². The van der Waals surface area contributed by atoms with E-state index in [9.17, 15) is 0 Å². The molecular formula is C22H39NSi. The van der Waals surface area contributed by atoms with E-state index in [1.54, 1.807) is 18.6 Å². The molecule has 0 aromatic carbocycles. The third kappa shape index (κ3) is 2.85. The normalized spacial score (nSPS) is 45.8. The number of aliphatic imine (C=N–C) groups is 1. The van der Waals surface area contributed by atoms with Crippen LogP contribution in [0.15, 0.2) is 4.99 Å². The highest BCUT2D eigenvalue weighted by atomic mass is 28.3. The van der Waals surface area contributed by atoms with Crippen LogP contribution in [0.3, 0.4) is 0 Å². The largest absolute Gasteiger partial charge is 0.297 e. The molecule has 4 rings (SSSR count). The van der Waals surface area contributed by atoms with Crippen molar-refractivity contribution in [3.8, 4) is 0 Å². The second-order valence-electron chi connectivity index (χ2n) is 10.6. The van der Waals surface area contributed by atoms with E-state index in [4.69, 9.17) is 4.99 Å². The lowest BCUT2D eigenvalue weighted by Gasteiger charge is -2.37. The number of fused-ring (bicyclic) bond motifs is 5. The highest BCUT2D eigenvalue weighted by Gasteiger charge is 2.54. The number of hydrogen-bond donors (Lipinski definition) is 0. The Hall–Kier alpha value is -0.113. The van der Waals surface area contributed by atoms with Gasteiger partial charge in [-0.25, -0.2) is 0 Å². The molecule has 24 heavy (non-hydrogen) atoms. The lowest BCUT2D eigenvalue weighted by Crippen LogP contribution is -2.35. The molecular weight excluding hydrogens is 306 g/mol. The SMILES string of the molecule is CN=C1C2CCCCC2C2CC([Si](C)(C)C)CC2C2CCCCC12. The maximum Gasteiger partial charge on any atom is 0.0474 e.